The minimum absolute atomic E-state index is 0.0104. The topological polar surface area (TPSA) is 87.5 Å². The lowest BCUT2D eigenvalue weighted by molar-refractivity contribution is -0.144. The molecular weight excluding hydrogens is 473 g/mol. The van der Waals surface area contributed by atoms with Crippen molar-refractivity contribution in [3.63, 3.8) is 0 Å². The SMILES string of the molecule is COc1ccc(-c2nnc(N3CCN(c4ncc(C(C)(C)O)c(C(F)(F)F)n4)CC3)c(C)c2C)cc1. The second-order valence-corrected chi connectivity index (χ2v) is 9.31. The maximum atomic E-state index is 13.6. The molecule has 0 bridgehead atoms. The minimum Gasteiger partial charge on any atom is -0.497 e. The Morgan fingerprint density at radius 1 is 0.917 bits per heavy atom. The van der Waals surface area contributed by atoms with Crippen LogP contribution in [0.15, 0.2) is 30.5 Å². The zero-order valence-corrected chi connectivity index (χ0v) is 20.9. The van der Waals surface area contributed by atoms with E-state index in [2.05, 4.69) is 25.1 Å². The molecule has 1 aliphatic heterocycles. The summed E-state index contributed by atoms with van der Waals surface area (Å²) in [6.07, 6.45) is -3.64. The summed E-state index contributed by atoms with van der Waals surface area (Å²) in [7, 11) is 1.62. The highest BCUT2D eigenvalue weighted by Gasteiger charge is 2.40. The molecule has 4 rings (SSSR count). The van der Waals surface area contributed by atoms with Gasteiger partial charge in [-0.05, 0) is 63.1 Å². The van der Waals surface area contributed by atoms with Crippen LogP contribution in [0.2, 0.25) is 0 Å². The molecule has 0 aliphatic carbocycles. The monoisotopic (exact) mass is 502 g/mol. The van der Waals surface area contributed by atoms with Crippen LogP contribution >= 0.6 is 0 Å². The highest BCUT2D eigenvalue weighted by molar-refractivity contribution is 5.67. The molecule has 0 radical (unpaired) electrons. The summed E-state index contributed by atoms with van der Waals surface area (Å²) >= 11 is 0. The fourth-order valence-corrected chi connectivity index (χ4v) is 4.22. The summed E-state index contributed by atoms with van der Waals surface area (Å²) in [4.78, 5) is 11.7. The number of nitrogens with zero attached hydrogens (tertiary/aromatic N) is 6. The van der Waals surface area contributed by atoms with E-state index in [4.69, 9.17) is 4.74 Å². The van der Waals surface area contributed by atoms with Crippen LogP contribution in [0.1, 0.15) is 36.2 Å². The number of hydrogen-bond acceptors (Lipinski definition) is 8. The number of halogens is 3. The van der Waals surface area contributed by atoms with E-state index in [1.54, 1.807) is 12.0 Å². The number of aromatic nitrogens is 4. The Morgan fingerprint density at radius 2 is 1.53 bits per heavy atom. The number of ether oxygens (including phenoxy) is 1. The lowest BCUT2D eigenvalue weighted by atomic mass is 9.98. The number of methoxy groups -OCH3 is 1. The number of alkyl halides is 3. The van der Waals surface area contributed by atoms with E-state index in [1.165, 1.54) is 13.8 Å². The molecule has 2 aromatic heterocycles. The first-order valence-corrected chi connectivity index (χ1v) is 11.6. The largest absolute Gasteiger partial charge is 0.497 e. The van der Waals surface area contributed by atoms with Crippen molar-refractivity contribution in [2.24, 2.45) is 0 Å². The average molecular weight is 503 g/mol. The van der Waals surface area contributed by atoms with Gasteiger partial charge in [-0.2, -0.15) is 13.2 Å². The van der Waals surface area contributed by atoms with Gasteiger partial charge in [0.05, 0.1) is 18.4 Å². The van der Waals surface area contributed by atoms with Gasteiger partial charge < -0.3 is 19.6 Å². The van der Waals surface area contributed by atoms with Crippen molar-refractivity contribution >= 4 is 11.8 Å². The van der Waals surface area contributed by atoms with E-state index in [0.29, 0.717) is 26.2 Å². The molecule has 36 heavy (non-hydrogen) atoms. The normalized spacial score (nSPS) is 14.8. The van der Waals surface area contributed by atoms with Crippen LogP contribution in [0.25, 0.3) is 11.3 Å². The molecule has 3 heterocycles. The molecule has 8 nitrogen and oxygen atoms in total. The molecule has 1 N–H and O–H groups in total. The van der Waals surface area contributed by atoms with Gasteiger partial charge in [-0.1, -0.05) is 0 Å². The van der Waals surface area contributed by atoms with Crippen molar-refractivity contribution in [2.75, 3.05) is 43.1 Å². The highest BCUT2D eigenvalue weighted by atomic mass is 19.4. The number of piperazine rings is 1. The fraction of sp³-hybridized carbons (Fsp3) is 0.440. The third-order valence-electron chi connectivity index (χ3n) is 6.43. The Labute approximate surface area is 207 Å². The summed E-state index contributed by atoms with van der Waals surface area (Å²) in [5, 5.41) is 19.1. The average Bonchev–Trinajstić information content (AvgIpc) is 2.84. The van der Waals surface area contributed by atoms with Crippen LogP contribution in [0.4, 0.5) is 24.9 Å². The maximum Gasteiger partial charge on any atom is 0.433 e. The zero-order chi connectivity index (χ0) is 26.3. The predicted molar refractivity (Wildman–Crippen MR) is 130 cm³/mol. The third-order valence-corrected chi connectivity index (χ3v) is 6.43. The lowest BCUT2D eigenvalue weighted by Gasteiger charge is -2.36. The molecule has 0 atom stereocenters. The van der Waals surface area contributed by atoms with Gasteiger partial charge in [0.25, 0.3) is 0 Å². The van der Waals surface area contributed by atoms with Crippen molar-refractivity contribution < 1.29 is 23.0 Å². The van der Waals surface area contributed by atoms with E-state index in [0.717, 1.165) is 40.1 Å². The van der Waals surface area contributed by atoms with E-state index in [-0.39, 0.29) is 11.5 Å². The van der Waals surface area contributed by atoms with Crippen LogP contribution in [0, 0.1) is 13.8 Å². The van der Waals surface area contributed by atoms with Crippen LogP contribution < -0.4 is 14.5 Å². The third kappa shape index (κ3) is 5.06. The smallest absolute Gasteiger partial charge is 0.433 e. The number of benzene rings is 1. The van der Waals surface area contributed by atoms with Gasteiger partial charge in [0.15, 0.2) is 11.5 Å². The van der Waals surface area contributed by atoms with Gasteiger partial charge in [-0.3, -0.25) is 0 Å². The molecule has 0 unspecified atom stereocenters. The summed E-state index contributed by atoms with van der Waals surface area (Å²) in [6.45, 7) is 8.44. The number of rotatable bonds is 5. The molecule has 192 valence electrons. The molecule has 1 fully saturated rings. The summed E-state index contributed by atoms with van der Waals surface area (Å²) in [5.41, 5.74) is 0.547. The first kappa shape index (κ1) is 25.6. The summed E-state index contributed by atoms with van der Waals surface area (Å²) in [5.74, 6) is 1.50. The molecule has 0 spiro atoms. The zero-order valence-electron chi connectivity index (χ0n) is 20.9. The molecule has 1 aromatic carbocycles. The van der Waals surface area contributed by atoms with Gasteiger partial charge in [-0.25, -0.2) is 9.97 Å². The lowest BCUT2D eigenvalue weighted by Crippen LogP contribution is -2.48. The van der Waals surface area contributed by atoms with Gasteiger partial charge in [-0.15, -0.1) is 10.2 Å². The quantitative estimate of drug-likeness (QED) is 0.557. The van der Waals surface area contributed by atoms with Crippen molar-refractivity contribution in [3.05, 3.63) is 52.8 Å². The summed E-state index contributed by atoms with van der Waals surface area (Å²) in [6, 6.07) is 7.62. The van der Waals surface area contributed by atoms with Gasteiger partial charge in [0.1, 0.15) is 5.75 Å². The van der Waals surface area contributed by atoms with Crippen LogP contribution in [0.5, 0.6) is 5.75 Å². The second kappa shape index (κ2) is 9.53. The Morgan fingerprint density at radius 3 is 2.08 bits per heavy atom. The minimum atomic E-state index is -4.70. The maximum absolute atomic E-state index is 13.6. The predicted octanol–water partition coefficient (Wildman–Crippen LogP) is 4.13. The van der Waals surface area contributed by atoms with Crippen molar-refractivity contribution in [2.45, 2.75) is 39.5 Å². The molecule has 3 aromatic rings. The number of anilines is 2. The van der Waals surface area contributed by atoms with E-state index >= 15 is 0 Å². The van der Waals surface area contributed by atoms with E-state index in [1.807, 2.05) is 38.1 Å². The van der Waals surface area contributed by atoms with Gasteiger partial charge in [0, 0.05) is 43.5 Å². The molecule has 1 saturated heterocycles. The van der Waals surface area contributed by atoms with Crippen LogP contribution in [-0.2, 0) is 11.8 Å². The van der Waals surface area contributed by atoms with Crippen molar-refractivity contribution in [3.8, 4) is 17.0 Å². The number of aliphatic hydroxyl groups is 1. The Bertz CT molecular complexity index is 1230. The summed E-state index contributed by atoms with van der Waals surface area (Å²) < 4.78 is 46.1. The van der Waals surface area contributed by atoms with Gasteiger partial charge >= 0.3 is 6.18 Å². The van der Waals surface area contributed by atoms with E-state index in [9.17, 15) is 18.3 Å². The molecular formula is C25H29F3N6O2. The first-order valence-electron chi connectivity index (χ1n) is 11.6. The first-order chi connectivity index (χ1) is 16.9. The van der Waals surface area contributed by atoms with E-state index < -0.39 is 17.5 Å². The number of hydrogen-bond donors (Lipinski definition) is 1. The standard InChI is InChI=1S/C25H29F3N6O2/c1-15-16(2)22(32-31-20(15)17-6-8-18(36-5)9-7-17)33-10-12-34(13-11-33)23-29-14-19(24(3,4)35)21(30-23)25(26,27)28/h6-9,14,35H,10-13H2,1-5H3. The molecule has 1 aliphatic rings. The highest BCUT2D eigenvalue weighted by Crippen LogP contribution is 2.36. The molecule has 0 amide bonds. The van der Waals surface area contributed by atoms with Crippen LogP contribution in [-0.4, -0.2) is 58.6 Å². The molecule has 11 heteroatoms. The molecule has 0 saturated carbocycles. The van der Waals surface area contributed by atoms with Crippen molar-refractivity contribution in [1.82, 2.24) is 20.2 Å². The Hall–Kier alpha value is -3.47. The van der Waals surface area contributed by atoms with Crippen LogP contribution in [0.3, 0.4) is 0 Å². The Balaban J connectivity index is 1.52. The Kier molecular flexibility index (Phi) is 6.78. The van der Waals surface area contributed by atoms with Crippen molar-refractivity contribution in [1.29, 1.82) is 0 Å². The fourth-order valence-electron chi connectivity index (χ4n) is 4.22. The second-order valence-electron chi connectivity index (χ2n) is 9.31. The van der Waals surface area contributed by atoms with Gasteiger partial charge in [0.2, 0.25) is 5.95 Å².